The molecule has 7 heteroatoms. The van der Waals surface area contributed by atoms with Crippen molar-refractivity contribution in [1.29, 1.82) is 0 Å². The summed E-state index contributed by atoms with van der Waals surface area (Å²) >= 11 is 0. The number of non-ortho nitro benzene ring substituents is 1. The van der Waals surface area contributed by atoms with E-state index in [0.29, 0.717) is 11.5 Å². The zero-order valence-electron chi connectivity index (χ0n) is 11.6. The number of hydrogen-bond acceptors (Lipinski definition) is 5. The van der Waals surface area contributed by atoms with Crippen LogP contribution in [0, 0.1) is 10.1 Å². The number of rotatable bonds is 7. The van der Waals surface area contributed by atoms with Crippen LogP contribution in [0.1, 0.15) is 10.4 Å². The molecule has 0 spiro atoms. The minimum Gasteiger partial charge on any atom is -0.490 e. The highest BCUT2D eigenvalue weighted by atomic mass is 16.6. The molecule has 2 aromatic carbocycles. The number of carbonyl (C=O) groups excluding carboxylic acids is 1. The molecule has 0 bridgehead atoms. The van der Waals surface area contributed by atoms with E-state index in [4.69, 9.17) is 15.2 Å². The maximum absolute atomic E-state index is 11.2. The molecule has 2 N–H and O–H groups in total. The molecule has 0 saturated carbocycles. The number of nitrogens with zero attached hydrogens (tertiary/aromatic N) is 1. The van der Waals surface area contributed by atoms with Crippen LogP contribution in [0.15, 0.2) is 48.5 Å². The Kier molecular flexibility index (Phi) is 4.92. The van der Waals surface area contributed by atoms with Crippen molar-refractivity contribution in [3.05, 3.63) is 64.2 Å². The Labute approximate surface area is 126 Å². The molecule has 0 aliphatic rings. The number of para-hydroxylation sites is 1. The third kappa shape index (κ3) is 3.95. The minimum absolute atomic E-state index is 0.0440. The molecule has 0 fully saturated rings. The van der Waals surface area contributed by atoms with Gasteiger partial charge in [-0.25, -0.2) is 0 Å². The highest BCUT2D eigenvalue weighted by molar-refractivity contribution is 5.95. The predicted molar refractivity (Wildman–Crippen MR) is 79.0 cm³/mol. The minimum atomic E-state index is -0.574. The first kappa shape index (κ1) is 15.3. The van der Waals surface area contributed by atoms with Gasteiger partial charge in [0.25, 0.3) is 11.6 Å². The van der Waals surface area contributed by atoms with Crippen molar-refractivity contribution in [2.24, 2.45) is 5.73 Å². The van der Waals surface area contributed by atoms with Crippen LogP contribution in [-0.2, 0) is 0 Å². The van der Waals surface area contributed by atoms with Crippen LogP contribution in [0.5, 0.6) is 11.5 Å². The van der Waals surface area contributed by atoms with Crippen molar-refractivity contribution >= 4 is 11.6 Å². The Balaban J connectivity index is 1.89. The fourth-order valence-electron chi connectivity index (χ4n) is 1.79. The lowest BCUT2D eigenvalue weighted by molar-refractivity contribution is -0.384. The van der Waals surface area contributed by atoms with Crippen molar-refractivity contribution in [2.45, 2.75) is 0 Å². The lowest BCUT2D eigenvalue weighted by Crippen LogP contribution is -2.15. The molecule has 2 rings (SSSR count). The zero-order chi connectivity index (χ0) is 15.9. The molecule has 22 heavy (non-hydrogen) atoms. The maximum Gasteiger partial charge on any atom is 0.273 e. The van der Waals surface area contributed by atoms with Crippen LogP contribution in [0.3, 0.4) is 0 Å². The number of ether oxygens (including phenoxy) is 2. The van der Waals surface area contributed by atoms with Gasteiger partial charge in [-0.15, -0.1) is 0 Å². The van der Waals surface area contributed by atoms with Gasteiger partial charge in [-0.1, -0.05) is 18.2 Å². The first-order chi connectivity index (χ1) is 10.6. The summed E-state index contributed by atoms with van der Waals surface area (Å²) in [7, 11) is 0. The molecular weight excluding hydrogens is 288 g/mol. The Hall–Kier alpha value is -3.09. The first-order valence-electron chi connectivity index (χ1n) is 6.47. The van der Waals surface area contributed by atoms with Crippen LogP contribution in [0.25, 0.3) is 0 Å². The summed E-state index contributed by atoms with van der Waals surface area (Å²) in [5.41, 5.74) is 5.49. The maximum atomic E-state index is 11.2. The van der Waals surface area contributed by atoms with Gasteiger partial charge < -0.3 is 15.2 Å². The lowest BCUT2D eigenvalue weighted by Gasteiger charge is -2.10. The molecule has 114 valence electrons. The second kappa shape index (κ2) is 7.07. The molecular formula is C15H14N2O5. The average molecular weight is 302 g/mol. The molecule has 2 aromatic rings. The van der Waals surface area contributed by atoms with E-state index in [-0.39, 0.29) is 24.5 Å². The number of primary amides is 1. The summed E-state index contributed by atoms with van der Waals surface area (Å²) in [6.45, 7) is 0.348. The Bertz CT molecular complexity index is 687. The van der Waals surface area contributed by atoms with Gasteiger partial charge in [-0.2, -0.15) is 0 Å². The molecule has 0 atom stereocenters. The number of carbonyl (C=O) groups is 1. The fraction of sp³-hybridized carbons (Fsp3) is 0.133. The Morgan fingerprint density at radius 3 is 2.55 bits per heavy atom. The van der Waals surface area contributed by atoms with Crippen LogP contribution in [0.4, 0.5) is 5.69 Å². The van der Waals surface area contributed by atoms with Crippen molar-refractivity contribution in [2.75, 3.05) is 13.2 Å². The molecule has 0 saturated heterocycles. The fourth-order valence-corrected chi connectivity index (χ4v) is 1.79. The van der Waals surface area contributed by atoms with Gasteiger partial charge in [0.15, 0.2) is 0 Å². The third-order valence-corrected chi connectivity index (χ3v) is 2.79. The second-order valence-corrected chi connectivity index (χ2v) is 4.31. The van der Waals surface area contributed by atoms with Gasteiger partial charge in [0.05, 0.1) is 16.6 Å². The second-order valence-electron chi connectivity index (χ2n) is 4.31. The summed E-state index contributed by atoms with van der Waals surface area (Å²) in [5.74, 6) is 0.175. The van der Waals surface area contributed by atoms with Crippen molar-refractivity contribution in [3.8, 4) is 11.5 Å². The van der Waals surface area contributed by atoms with E-state index in [9.17, 15) is 14.9 Å². The number of benzene rings is 2. The van der Waals surface area contributed by atoms with Crippen molar-refractivity contribution < 1.29 is 19.2 Å². The van der Waals surface area contributed by atoms with Crippen LogP contribution in [0.2, 0.25) is 0 Å². The summed E-state index contributed by atoms with van der Waals surface area (Å²) in [6.07, 6.45) is 0. The van der Waals surface area contributed by atoms with Crippen LogP contribution in [-0.4, -0.2) is 24.0 Å². The largest absolute Gasteiger partial charge is 0.490 e. The van der Waals surface area contributed by atoms with E-state index in [1.807, 2.05) is 0 Å². The first-order valence-corrected chi connectivity index (χ1v) is 6.47. The van der Waals surface area contributed by atoms with Crippen molar-refractivity contribution in [1.82, 2.24) is 0 Å². The molecule has 7 nitrogen and oxygen atoms in total. The monoisotopic (exact) mass is 302 g/mol. The van der Waals surface area contributed by atoms with Gasteiger partial charge in [0.2, 0.25) is 0 Å². The standard InChI is InChI=1S/C15H14N2O5/c16-15(18)13-6-1-2-7-14(13)22-9-8-21-12-5-3-4-11(10-12)17(19)20/h1-7,10H,8-9H2,(H2,16,18). The van der Waals surface area contributed by atoms with Gasteiger partial charge in [0, 0.05) is 6.07 Å². The van der Waals surface area contributed by atoms with E-state index in [0.717, 1.165) is 0 Å². The molecule has 1 amide bonds. The quantitative estimate of drug-likeness (QED) is 0.479. The Morgan fingerprint density at radius 1 is 1.09 bits per heavy atom. The lowest BCUT2D eigenvalue weighted by atomic mass is 10.2. The summed E-state index contributed by atoms with van der Waals surface area (Å²) < 4.78 is 10.8. The van der Waals surface area contributed by atoms with E-state index in [2.05, 4.69) is 0 Å². The highest BCUT2D eigenvalue weighted by Crippen LogP contribution is 2.20. The van der Waals surface area contributed by atoms with Gasteiger partial charge in [0.1, 0.15) is 24.7 Å². The topological polar surface area (TPSA) is 105 Å². The number of nitro groups is 1. The van der Waals surface area contributed by atoms with E-state index in [1.54, 1.807) is 30.3 Å². The van der Waals surface area contributed by atoms with E-state index in [1.165, 1.54) is 18.2 Å². The molecule has 0 aliphatic carbocycles. The number of hydrogen-bond donors (Lipinski definition) is 1. The summed E-state index contributed by atoms with van der Waals surface area (Å²) in [6, 6.07) is 12.5. The molecule has 0 radical (unpaired) electrons. The summed E-state index contributed by atoms with van der Waals surface area (Å²) in [4.78, 5) is 21.4. The van der Waals surface area contributed by atoms with Gasteiger partial charge >= 0.3 is 0 Å². The smallest absolute Gasteiger partial charge is 0.273 e. The van der Waals surface area contributed by atoms with Gasteiger partial charge in [-0.05, 0) is 18.2 Å². The highest BCUT2D eigenvalue weighted by Gasteiger charge is 2.09. The summed E-state index contributed by atoms with van der Waals surface area (Å²) in [5, 5.41) is 10.7. The number of amides is 1. The molecule has 0 aromatic heterocycles. The average Bonchev–Trinajstić information content (AvgIpc) is 2.52. The van der Waals surface area contributed by atoms with E-state index >= 15 is 0 Å². The number of nitro benzene ring substituents is 1. The zero-order valence-corrected chi connectivity index (χ0v) is 11.6. The van der Waals surface area contributed by atoms with Crippen molar-refractivity contribution in [3.63, 3.8) is 0 Å². The molecule has 0 aliphatic heterocycles. The van der Waals surface area contributed by atoms with Crippen LogP contribution >= 0.6 is 0 Å². The molecule has 0 unspecified atom stereocenters. The van der Waals surface area contributed by atoms with Crippen LogP contribution < -0.4 is 15.2 Å². The predicted octanol–water partition coefficient (Wildman–Crippen LogP) is 2.15. The number of nitrogens with two attached hydrogens (primary N) is 1. The van der Waals surface area contributed by atoms with Gasteiger partial charge in [-0.3, -0.25) is 14.9 Å². The third-order valence-electron chi connectivity index (χ3n) is 2.79. The Morgan fingerprint density at radius 2 is 1.82 bits per heavy atom. The van der Waals surface area contributed by atoms with E-state index < -0.39 is 10.8 Å². The SMILES string of the molecule is NC(=O)c1ccccc1OCCOc1cccc([N+](=O)[O-])c1. The molecule has 0 heterocycles. The normalized spacial score (nSPS) is 10.0.